The van der Waals surface area contributed by atoms with E-state index in [1.807, 2.05) is 0 Å². The van der Waals surface area contributed by atoms with Gasteiger partial charge in [0, 0.05) is 12.6 Å². The number of hydrogen-bond donors (Lipinski definition) is 1. The summed E-state index contributed by atoms with van der Waals surface area (Å²) in [7, 11) is 0. The molecule has 1 aliphatic heterocycles. The van der Waals surface area contributed by atoms with Crippen molar-refractivity contribution in [2.45, 2.75) is 39.2 Å². The molecule has 3 nitrogen and oxygen atoms in total. The maximum absolute atomic E-state index is 5.13. The molecule has 0 bridgehead atoms. The molecule has 0 spiro atoms. The number of piperidine rings is 1. The highest BCUT2D eigenvalue weighted by Gasteiger charge is 2.22. The molecule has 1 unspecified atom stereocenters. The Morgan fingerprint density at radius 2 is 2.23 bits per heavy atom. The molecule has 1 rings (SSSR count). The Morgan fingerprint density at radius 3 is 2.85 bits per heavy atom. The summed E-state index contributed by atoms with van der Waals surface area (Å²) in [6.07, 6.45) is 3.89. The summed E-state index contributed by atoms with van der Waals surface area (Å²) in [5.41, 5.74) is 0. The van der Waals surface area contributed by atoms with E-state index < -0.39 is 0 Å². The van der Waals surface area contributed by atoms with Crippen molar-refractivity contribution in [2.24, 2.45) is 11.8 Å². The number of rotatable bonds is 4. The number of likely N-dealkylation sites (tertiary alicyclic amines) is 1. The van der Waals surface area contributed by atoms with Gasteiger partial charge in [0.1, 0.15) is 0 Å². The Morgan fingerprint density at radius 1 is 1.46 bits per heavy atom. The molecule has 1 atom stereocenters. The zero-order valence-electron chi connectivity index (χ0n) is 8.83. The summed E-state index contributed by atoms with van der Waals surface area (Å²) >= 11 is 0. The minimum atomic E-state index is 0.557. The highest BCUT2D eigenvalue weighted by Crippen LogP contribution is 2.18. The average molecular weight is 186 g/mol. The molecule has 0 aliphatic carbocycles. The molecule has 0 radical (unpaired) electrons. The summed E-state index contributed by atoms with van der Waals surface area (Å²) in [4.78, 5) is 7.27. The fourth-order valence-electron chi connectivity index (χ4n) is 2.07. The molecule has 1 fully saturated rings. The van der Waals surface area contributed by atoms with Gasteiger partial charge in [-0.2, -0.15) is 0 Å². The fourth-order valence-corrected chi connectivity index (χ4v) is 2.07. The molecular weight excluding hydrogens is 164 g/mol. The van der Waals surface area contributed by atoms with Crippen molar-refractivity contribution in [2.75, 3.05) is 19.7 Å². The van der Waals surface area contributed by atoms with Crippen LogP contribution in [0.2, 0.25) is 0 Å². The maximum Gasteiger partial charge on any atom is 0.0834 e. The molecule has 1 heterocycles. The van der Waals surface area contributed by atoms with Crippen LogP contribution in [0.3, 0.4) is 0 Å². The normalized spacial score (nSPS) is 25.4. The largest absolute Gasteiger partial charge is 0.303 e. The van der Waals surface area contributed by atoms with Crippen molar-refractivity contribution in [1.82, 2.24) is 4.90 Å². The van der Waals surface area contributed by atoms with Crippen LogP contribution in [-0.4, -0.2) is 30.6 Å². The zero-order valence-corrected chi connectivity index (χ0v) is 8.83. The van der Waals surface area contributed by atoms with Crippen molar-refractivity contribution >= 4 is 0 Å². The monoisotopic (exact) mass is 186 g/mol. The van der Waals surface area contributed by atoms with Crippen LogP contribution >= 0.6 is 0 Å². The molecule has 0 aromatic rings. The Kier molecular flexibility index (Phi) is 4.70. The first-order valence-electron chi connectivity index (χ1n) is 5.29. The number of hydrogen-bond acceptors (Lipinski definition) is 3. The molecule has 0 saturated carbocycles. The fraction of sp³-hybridized carbons (Fsp3) is 1.00. The van der Waals surface area contributed by atoms with E-state index in [0.717, 1.165) is 5.92 Å². The van der Waals surface area contributed by atoms with Gasteiger partial charge in [0.05, 0.1) is 6.61 Å². The highest BCUT2D eigenvalue weighted by molar-refractivity contribution is 4.76. The van der Waals surface area contributed by atoms with Gasteiger partial charge in [0.2, 0.25) is 0 Å². The standard InChI is InChI=1S/C10H22N2O/c1-9(2)7-12-6-4-3-5-10(12)8-13-11/h9-10H,3-8,11H2,1-2H3. The van der Waals surface area contributed by atoms with E-state index in [-0.39, 0.29) is 0 Å². The van der Waals surface area contributed by atoms with E-state index in [1.54, 1.807) is 0 Å². The van der Waals surface area contributed by atoms with Crippen LogP contribution < -0.4 is 5.90 Å². The summed E-state index contributed by atoms with van der Waals surface area (Å²) in [5, 5.41) is 0. The average Bonchev–Trinajstić information content (AvgIpc) is 2.08. The Labute approximate surface area is 81.2 Å². The molecule has 1 saturated heterocycles. The van der Waals surface area contributed by atoms with Crippen LogP contribution in [0.5, 0.6) is 0 Å². The summed E-state index contributed by atoms with van der Waals surface area (Å²) in [5.74, 6) is 5.86. The third-order valence-corrected chi connectivity index (χ3v) is 2.64. The molecule has 78 valence electrons. The summed E-state index contributed by atoms with van der Waals surface area (Å²) in [6.45, 7) is 7.59. The van der Waals surface area contributed by atoms with E-state index in [9.17, 15) is 0 Å². The predicted octanol–water partition coefficient (Wildman–Crippen LogP) is 1.39. The van der Waals surface area contributed by atoms with Gasteiger partial charge in [-0.3, -0.25) is 4.90 Å². The molecule has 0 amide bonds. The molecule has 0 aromatic heterocycles. The molecular formula is C10H22N2O. The van der Waals surface area contributed by atoms with Crippen LogP contribution in [0.25, 0.3) is 0 Å². The lowest BCUT2D eigenvalue weighted by Gasteiger charge is -2.36. The first kappa shape index (κ1) is 11.0. The first-order valence-corrected chi connectivity index (χ1v) is 5.29. The Balaban J connectivity index is 2.36. The quantitative estimate of drug-likeness (QED) is 0.674. The van der Waals surface area contributed by atoms with Gasteiger partial charge < -0.3 is 4.84 Å². The lowest BCUT2D eigenvalue weighted by molar-refractivity contribution is 0.0345. The second-order valence-corrected chi connectivity index (χ2v) is 4.37. The predicted molar refractivity (Wildman–Crippen MR) is 54.2 cm³/mol. The van der Waals surface area contributed by atoms with Crippen LogP contribution in [0.15, 0.2) is 0 Å². The van der Waals surface area contributed by atoms with Crippen molar-refractivity contribution in [3.63, 3.8) is 0 Å². The molecule has 13 heavy (non-hydrogen) atoms. The zero-order chi connectivity index (χ0) is 9.68. The van der Waals surface area contributed by atoms with E-state index >= 15 is 0 Å². The highest BCUT2D eigenvalue weighted by atomic mass is 16.6. The third kappa shape index (κ3) is 3.63. The van der Waals surface area contributed by atoms with Crippen molar-refractivity contribution < 1.29 is 4.84 Å². The van der Waals surface area contributed by atoms with Gasteiger partial charge in [-0.1, -0.05) is 20.3 Å². The van der Waals surface area contributed by atoms with Gasteiger partial charge in [-0.25, -0.2) is 5.90 Å². The van der Waals surface area contributed by atoms with Crippen LogP contribution in [0.1, 0.15) is 33.1 Å². The Bertz CT molecular complexity index is 137. The number of nitrogens with zero attached hydrogens (tertiary/aromatic N) is 1. The second-order valence-electron chi connectivity index (χ2n) is 4.37. The minimum Gasteiger partial charge on any atom is -0.303 e. The smallest absolute Gasteiger partial charge is 0.0834 e. The van der Waals surface area contributed by atoms with E-state index in [1.165, 1.54) is 32.4 Å². The third-order valence-electron chi connectivity index (χ3n) is 2.64. The van der Waals surface area contributed by atoms with Gasteiger partial charge in [-0.05, 0) is 25.3 Å². The molecule has 0 aromatic carbocycles. The van der Waals surface area contributed by atoms with Gasteiger partial charge in [0.15, 0.2) is 0 Å². The lowest BCUT2D eigenvalue weighted by atomic mass is 10.0. The Hall–Kier alpha value is -0.120. The van der Waals surface area contributed by atoms with Crippen molar-refractivity contribution in [3.05, 3.63) is 0 Å². The maximum atomic E-state index is 5.13. The molecule has 2 N–H and O–H groups in total. The lowest BCUT2D eigenvalue weighted by Crippen LogP contribution is -2.44. The second kappa shape index (κ2) is 5.58. The van der Waals surface area contributed by atoms with E-state index in [0.29, 0.717) is 12.6 Å². The molecule has 3 heteroatoms. The summed E-state index contributed by atoms with van der Waals surface area (Å²) in [6, 6.07) is 0.557. The SMILES string of the molecule is CC(C)CN1CCCCC1CON. The van der Waals surface area contributed by atoms with Crippen molar-refractivity contribution in [1.29, 1.82) is 0 Å². The van der Waals surface area contributed by atoms with Crippen LogP contribution in [0.4, 0.5) is 0 Å². The van der Waals surface area contributed by atoms with Gasteiger partial charge >= 0.3 is 0 Å². The minimum absolute atomic E-state index is 0.557. The van der Waals surface area contributed by atoms with Gasteiger partial charge in [-0.15, -0.1) is 0 Å². The molecule has 1 aliphatic rings. The van der Waals surface area contributed by atoms with E-state index in [2.05, 4.69) is 18.7 Å². The first-order chi connectivity index (χ1) is 6.24. The number of nitrogens with two attached hydrogens (primary N) is 1. The van der Waals surface area contributed by atoms with Crippen LogP contribution in [0, 0.1) is 5.92 Å². The topological polar surface area (TPSA) is 38.5 Å². The van der Waals surface area contributed by atoms with Gasteiger partial charge in [0.25, 0.3) is 0 Å². The van der Waals surface area contributed by atoms with E-state index in [4.69, 9.17) is 10.7 Å². The van der Waals surface area contributed by atoms with Crippen molar-refractivity contribution in [3.8, 4) is 0 Å². The summed E-state index contributed by atoms with van der Waals surface area (Å²) < 4.78 is 0. The van der Waals surface area contributed by atoms with Crippen LogP contribution in [-0.2, 0) is 4.84 Å².